The number of nitrogens with one attached hydrogen (secondary N) is 2. The van der Waals surface area contributed by atoms with Gasteiger partial charge in [0.05, 0.1) is 6.26 Å². The van der Waals surface area contributed by atoms with Crippen LogP contribution in [0.5, 0.6) is 0 Å². The largest absolute Gasteiger partial charge is 0.461 e. The summed E-state index contributed by atoms with van der Waals surface area (Å²) in [6.45, 7) is 6.80. The first-order valence-electron chi connectivity index (χ1n) is 8.19. The molecule has 8 heteroatoms. The van der Waals surface area contributed by atoms with E-state index in [1.807, 2.05) is 12.1 Å². The number of aromatic amines is 1. The topological polar surface area (TPSA) is 82.3 Å². The summed E-state index contributed by atoms with van der Waals surface area (Å²) in [5, 5.41) is 10.4. The summed E-state index contributed by atoms with van der Waals surface area (Å²) in [5.74, 6) is 3.00. The van der Waals surface area contributed by atoms with Gasteiger partial charge in [0.2, 0.25) is 5.82 Å². The molecule has 0 amide bonds. The van der Waals surface area contributed by atoms with Crippen LogP contribution in [-0.2, 0) is 6.42 Å². The molecule has 0 atom stereocenters. The lowest BCUT2D eigenvalue weighted by atomic mass is 10.3. The van der Waals surface area contributed by atoms with Crippen LogP contribution in [0.1, 0.15) is 32.5 Å². The molecule has 0 aliphatic carbocycles. The Hall–Kier alpha value is -1.58. The van der Waals surface area contributed by atoms with E-state index in [1.54, 1.807) is 6.26 Å². The number of nitrogens with zero attached hydrogens (tertiary/aromatic N) is 4. The lowest BCUT2D eigenvalue weighted by Gasteiger charge is -2.21. The smallest absolute Gasteiger partial charge is 0.216 e. The number of halogens is 1. The number of aromatic nitrogens is 3. The third-order valence-corrected chi connectivity index (χ3v) is 3.43. The van der Waals surface area contributed by atoms with Crippen molar-refractivity contribution in [2.45, 2.75) is 33.1 Å². The molecule has 0 spiro atoms. The Morgan fingerprint density at radius 3 is 2.92 bits per heavy atom. The Morgan fingerprint density at radius 2 is 2.25 bits per heavy atom. The molecule has 2 N–H and O–H groups in total. The predicted octanol–water partition coefficient (Wildman–Crippen LogP) is 2.92. The van der Waals surface area contributed by atoms with Crippen molar-refractivity contribution in [1.82, 2.24) is 25.4 Å². The van der Waals surface area contributed by atoms with E-state index in [9.17, 15) is 0 Å². The van der Waals surface area contributed by atoms with Crippen LogP contribution < -0.4 is 5.32 Å². The molecule has 0 aromatic carbocycles. The second-order valence-corrected chi connectivity index (χ2v) is 5.34. The third kappa shape index (κ3) is 6.14. The fourth-order valence-corrected chi connectivity index (χ4v) is 2.16. The van der Waals surface area contributed by atoms with Crippen LogP contribution in [0.2, 0.25) is 0 Å². The normalized spacial score (nSPS) is 11.2. The second kappa shape index (κ2) is 11.1. The summed E-state index contributed by atoms with van der Waals surface area (Å²) in [4.78, 5) is 11.2. The fourth-order valence-electron chi connectivity index (χ4n) is 2.16. The van der Waals surface area contributed by atoms with E-state index in [1.165, 1.54) is 6.42 Å². The molecular weight excluding hydrogens is 419 g/mol. The first kappa shape index (κ1) is 20.5. The van der Waals surface area contributed by atoms with Gasteiger partial charge in [0.25, 0.3) is 0 Å². The van der Waals surface area contributed by atoms with Crippen molar-refractivity contribution >= 4 is 29.9 Å². The molecule has 0 unspecified atom stereocenters. The average Bonchev–Trinajstić information content (AvgIpc) is 3.22. The molecule has 0 radical (unpaired) electrons. The van der Waals surface area contributed by atoms with Gasteiger partial charge in [0.1, 0.15) is 5.82 Å². The Balaban J connectivity index is 0.00000288. The van der Waals surface area contributed by atoms with Crippen LogP contribution in [0.3, 0.4) is 0 Å². The van der Waals surface area contributed by atoms with E-state index < -0.39 is 0 Å². The summed E-state index contributed by atoms with van der Waals surface area (Å²) in [6, 6.07) is 3.67. The van der Waals surface area contributed by atoms with E-state index in [2.05, 4.69) is 51.3 Å². The zero-order chi connectivity index (χ0) is 16.5. The van der Waals surface area contributed by atoms with Gasteiger partial charge in [-0.3, -0.25) is 10.1 Å². The standard InChI is InChI=1S/C16H26N6O.HI/c1-4-6-11-22(3)16(17-5-2)18-10-9-14-19-15(21-20-14)13-8-7-12-23-13;/h7-8,12H,4-6,9-11H2,1-3H3,(H,17,18)(H,19,20,21);1H. The molecule has 134 valence electrons. The summed E-state index contributed by atoms with van der Waals surface area (Å²) in [6.07, 6.45) is 4.67. The Morgan fingerprint density at radius 1 is 1.42 bits per heavy atom. The van der Waals surface area contributed by atoms with Crippen molar-refractivity contribution in [1.29, 1.82) is 0 Å². The van der Waals surface area contributed by atoms with Gasteiger partial charge in [0, 0.05) is 33.1 Å². The van der Waals surface area contributed by atoms with Crippen LogP contribution >= 0.6 is 24.0 Å². The number of rotatable bonds is 8. The monoisotopic (exact) mass is 446 g/mol. The van der Waals surface area contributed by atoms with Crippen LogP contribution in [0.15, 0.2) is 27.8 Å². The lowest BCUT2D eigenvalue weighted by molar-refractivity contribution is 0.465. The molecule has 0 aliphatic heterocycles. The van der Waals surface area contributed by atoms with Gasteiger partial charge in [-0.15, -0.1) is 24.0 Å². The van der Waals surface area contributed by atoms with E-state index >= 15 is 0 Å². The van der Waals surface area contributed by atoms with E-state index in [4.69, 9.17) is 4.42 Å². The molecule has 0 bridgehead atoms. The summed E-state index contributed by atoms with van der Waals surface area (Å²) < 4.78 is 5.29. The number of furan rings is 1. The molecule has 2 aromatic rings. The quantitative estimate of drug-likeness (QED) is 0.370. The van der Waals surface area contributed by atoms with Gasteiger partial charge < -0.3 is 14.6 Å². The molecule has 24 heavy (non-hydrogen) atoms. The lowest BCUT2D eigenvalue weighted by Crippen LogP contribution is -2.39. The number of aliphatic imine (C=N–C) groups is 1. The van der Waals surface area contributed by atoms with Crippen molar-refractivity contribution in [2.75, 3.05) is 26.7 Å². The van der Waals surface area contributed by atoms with Crippen LogP contribution in [-0.4, -0.2) is 52.7 Å². The Bertz CT molecular complexity index is 595. The summed E-state index contributed by atoms with van der Waals surface area (Å²) >= 11 is 0. The summed E-state index contributed by atoms with van der Waals surface area (Å²) in [7, 11) is 2.07. The van der Waals surface area contributed by atoms with E-state index in [-0.39, 0.29) is 24.0 Å². The first-order chi connectivity index (χ1) is 11.2. The Kier molecular flexibility index (Phi) is 9.43. The minimum Gasteiger partial charge on any atom is -0.461 e. The van der Waals surface area contributed by atoms with Crippen molar-refractivity contribution in [2.24, 2.45) is 4.99 Å². The number of guanidine groups is 1. The molecular formula is C16H27IN6O. The van der Waals surface area contributed by atoms with Crippen LogP contribution in [0.25, 0.3) is 11.6 Å². The zero-order valence-corrected chi connectivity index (χ0v) is 16.9. The van der Waals surface area contributed by atoms with Gasteiger partial charge in [0.15, 0.2) is 11.7 Å². The van der Waals surface area contributed by atoms with Crippen molar-refractivity contribution in [3.63, 3.8) is 0 Å². The van der Waals surface area contributed by atoms with Gasteiger partial charge >= 0.3 is 0 Å². The maximum atomic E-state index is 5.29. The zero-order valence-electron chi connectivity index (χ0n) is 14.6. The molecule has 0 aliphatic rings. The van der Waals surface area contributed by atoms with Crippen LogP contribution in [0.4, 0.5) is 0 Å². The maximum Gasteiger partial charge on any atom is 0.216 e. The minimum atomic E-state index is 0. The highest BCUT2D eigenvalue weighted by atomic mass is 127. The van der Waals surface area contributed by atoms with Crippen molar-refractivity contribution in [3.8, 4) is 11.6 Å². The van der Waals surface area contributed by atoms with Gasteiger partial charge in [-0.05, 0) is 25.5 Å². The van der Waals surface area contributed by atoms with Gasteiger partial charge in [-0.25, -0.2) is 4.98 Å². The van der Waals surface area contributed by atoms with Gasteiger partial charge in [-0.2, -0.15) is 5.10 Å². The number of H-pyrrole nitrogens is 1. The van der Waals surface area contributed by atoms with Gasteiger partial charge in [-0.1, -0.05) is 13.3 Å². The third-order valence-electron chi connectivity index (χ3n) is 3.43. The average molecular weight is 446 g/mol. The molecule has 2 rings (SSSR count). The molecule has 0 fully saturated rings. The van der Waals surface area contributed by atoms with E-state index in [0.717, 1.165) is 31.3 Å². The molecule has 2 aromatic heterocycles. The van der Waals surface area contributed by atoms with Crippen molar-refractivity contribution < 1.29 is 4.42 Å². The SMILES string of the molecule is CCCCN(C)C(=NCCc1nc(-c2ccco2)n[nH]1)NCC.I. The molecule has 0 saturated heterocycles. The number of hydrogen-bond acceptors (Lipinski definition) is 4. The number of unbranched alkanes of at least 4 members (excludes halogenated alkanes) is 1. The van der Waals surface area contributed by atoms with Crippen LogP contribution in [0, 0.1) is 0 Å². The maximum absolute atomic E-state index is 5.29. The summed E-state index contributed by atoms with van der Waals surface area (Å²) in [5.41, 5.74) is 0. The molecule has 0 saturated carbocycles. The fraction of sp³-hybridized carbons (Fsp3) is 0.562. The minimum absolute atomic E-state index is 0. The molecule has 2 heterocycles. The predicted molar refractivity (Wildman–Crippen MR) is 107 cm³/mol. The first-order valence-corrected chi connectivity index (χ1v) is 8.19. The number of hydrogen-bond donors (Lipinski definition) is 2. The highest BCUT2D eigenvalue weighted by Gasteiger charge is 2.08. The Labute approximate surface area is 160 Å². The van der Waals surface area contributed by atoms with E-state index in [0.29, 0.717) is 24.6 Å². The highest BCUT2D eigenvalue weighted by Crippen LogP contribution is 2.14. The second-order valence-electron chi connectivity index (χ2n) is 5.34. The van der Waals surface area contributed by atoms with Crippen molar-refractivity contribution in [3.05, 3.63) is 24.2 Å². The highest BCUT2D eigenvalue weighted by molar-refractivity contribution is 14.0. The molecule has 7 nitrogen and oxygen atoms in total.